The van der Waals surface area contributed by atoms with Crippen molar-refractivity contribution >= 4 is 53.3 Å². The Kier molecular flexibility index (Phi) is 5.04. The number of hydrogen-bond donors (Lipinski definition) is 0. The Morgan fingerprint density at radius 1 is 0.385 bits per heavy atom. The van der Waals surface area contributed by atoms with E-state index in [2.05, 4.69) is 121 Å². The van der Waals surface area contributed by atoms with Crippen molar-refractivity contribution in [3.63, 3.8) is 0 Å². The summed E-state index contributed by atoms with van der Waals surface area (Å²) in [4.78, 5) is 10.6. The van der Waals surface area contributed by atoms with Gasteiger partial charge in [0.2, 0.25) is 0 Å². The van der Waals surface area contributed by atoms with Crippen LogP contribution < -0.4 is 0 Å². The molecule has 0 spiro atoms. The summed E-state index contributed by atoms with van der Waals surface area (Å²) in [5.74, 6) is 0. The molecule has 182 valence electrons. The smallest absolute Gasteiger partial charge is 0.0980 e. The highest BCUT2D eigenvalue weighted by molar-refractivity contribution is 7.25. The Bertz CT molecular complexity index is 2180. The first-order valence-electron chi connectivity index (χ1n) is 13.1. The van der Waals surface area contributed by atoms with Gasteiger partial charge < -0.3 is 0 Å². The predicted octanol–water partition coefficient (Wildman–Crippen LogP) is 10.2. The summed E-state index contributed by atoms with van der Waals surface area (Å²) in [5, 5.41) is 4.89. The summed E-state index contributed by atoms with van der Waals surface area (Å²) in [7, 11) is 0. The van der Waals surface area contributed by atoms with Gasteiger partial charge in [-0.3, -0.25) is 0 Å². The van der Waals surface area contributed by atoms with Gasteiger partial charge in [0.15, 0.2) is 0 Å². The standard InChI is InChI=1S/C36H22N2S/c1-2-11-23(12-3-1)24-21-22-27(26-14-5-4-13-25(24)26)35-36(38-31-18-8-7-17-30(31)37-35)29-16-10-20-33-34(29)28-15-6-9-19-32(28)39-33/h1-22H. The zero-order valence-electron chi connectivity index (χ0n) is 21.0. The van der Waals surface area contributed by atoms with E-state index in [1.165, 1.54) is 42.1 Å². The lowest BCUT2D eigenvalue weighted by Gasteiger charge is -2.15. The third-order valence-electron chi connectivity index (χ3n) is 7.49. The first-order valence-corrected chi connectivity index (χ1v) is 13.9. The Morgan fingerprint density at radius 3 is 1.72 bits per heavy atom. The molecule has 0 radical (unpaired) electrons. The zero-order valence-corrected chi connectivity index (χ0v) is 21.8. The first kappa shape index (κ1) is 22.2. The van der Waals surface area contributed by atoms with Crippen LogP contribution >= 0.6 is 11.3 Å². The fourth-order valence-electron chi connectivity index (χ4n) is 5.72. The van der Waals surface area contributed by atoms with Gasteiger partial charge in [-0.15, -0.1) is 11.3 Å². The van der Waals surface area contributed by atoms with Crippen LogP contribution in [0.2, 0.25) is 0 Å². The van der Waals surface area contributed by atoms with Gasteiger partial charge in [-0.25, -0.2) is 9.97 Å². The summed E-state index contributed by atoms with van der Waals surface area (Å²) in [6, 6.07) is 47.1. The van der Waals surface area contributed by atoms with E-state index in [-0.39, 0.29) is 0 Å². The maximum atomic E-state index is 5.29. The average molecular weight is 515 g/mol. The van der Waals surface area contributed by atoms with E-state index in [0.717, 1.165) is 33.5 Å². The van der Waals surface area contributed by atoms with Crippen molar-refractivity contribution in [2.24, 2.45) is 0 Å². The van der Waals surface area contributed by atoms with Gasteiger partial charge in [-0.05, 0) is 46.2 Å². The number of fused-ring (bicyclic) bond motifs is 5. The summed E-state index contributed by atoms with van der Waals surface area (Å²) >= 11 is 1.83. The predicted molar refractivity (Wildman–Crippen MR) is 166 cm³/mol. The fourth-order valence-corrected chi connectivity index (χ4v) is 6.85. The third-order valence-corrected chi connectivity index (χ3v) is 8.63. The lowest BCUT2D eigenvalue weighted by atomic mass is 9.92. The van der Waals surface area contributed by atoms with Crippen molar-refractivity contribution in [3.8, 4) is 33.6 Å². The van der Waals surface area contributed by atoms with Gasteiger partial charge in [-0.2, -0.15) is 0 Å². The van der Waals surface area contributed by atoms with Crippen LogP contribution in [0.4, 0.5) is 0 Å². The minimum Gasteiger partial charge on any atom is -0.244 e. The number of rotatable bonds is 3. The molecule has 0 amide bonds. The molecule has 0 fully saturated rings. The van der Waals surface area contributed by atoms with Crippen LogP contribution in [0.3, 0.4) is 0 Å². The summed E-state index contributed by atoms with van der Waals surface area (Å²) < 4.78 is 2.55. The van der Waals surface area contributed by atoms with Crippen LogP contribution in [0.1, 0.15) is 0 Å². The fraction of sp³-hybridized carbons (Fsp3) is 0. The molecule has 3 heteroatoms. The molecular formula is C36H22N2S. The van der Waals surface area contributed by atoms with Crippen molar-refractivity contribution in [2.75, 3.05) is 0 Å². The van der Waals surface area contributed by atoms with Crippen molar-refractivity contribution in [1.29, 1.82) is 0 Å². The molecule has 6 aromatic carbocycles. The van der Waals surface area contributed by atoms with E-state index >= 15 is 0 Å². The molecular weight excluding hydrogens is 492 g/mol. The summed E-state index contributed by atoms with van der Waals surface area (Å²) in [6.07, 6.45) is 0. The van der Waals surface area contributed by atoms with Crippen LogP contribution in [-0.4, -0.2) is 9.97 Å². The minimum absolute atomic E-state index is 0.898. The topological polar surface area (TPSA) is 25.8 Å². The van der Waals surface area contributed by atoms with E-state index in [1.54, 1.807) is 0 Å². The Balaban J connectivity index is 1.48. The molecule has 8 aromatic rings. The van der Waals surface area contributed by atoms with E-state index in [0.29, 0.717) is 0 Å². The Hall–Kier alpha value is -4.86. The number of benzene rings is 6. The molecule has 8 rings (SSSR count). The third kappa shape index (κ3) is 3.55. The van der Waals surface area contributed by atoms with Gasteiger partial charge in [0.05, 0.1) is 22.4 Å². The normalized spacial score (nSPS) is 11.6. The van der Waals surface area contributed by atoms with Gasteiger partial charge in [-0.1, -0.05) is 109 Å². The molecule has 0 saturated carbocycles. The van der Waals surface area contributed by atoms with Gasteiger partial charge in [0, 0.05) is 31.3 Å². The molecule has 0 bridgehead atoms. The van der Waals surface area contributed by atoms with Crippen molar-refractivity contribution < 1.29 is 0 Å². The zero-order chi connectivity index (χ0) is 25.8. The lowest BCUT2D eigenvalue weighted by Crippen LogP contribution is -1.97. The van der Waals surface area contributed by atoms with Crippen LogP contribution in [0.25, 0.3) is 75.6 Å². The van der Waals surface area contributed by atoms with E-state index in [9.17, 15) is 0 Å². The van der Waals surface area contributed by atoms with Crippen LogP contribution in [0.5, 0.6) is 0 Å². The summed E-state index contributed by atoms with van der Waals surface area (Å²) in [5.41, 5.74) is 8.26. The van der Waals surface area contributed by atoms with Crippen molar-refractivity contribution in [3.05, 3.63) is 133 Å². The molecule has 0 aliphatic heterocycles. The molecule has 0 aliphatic carbocycles. The average Bonchev–Trinajstić information content (AvgIpc) is 3.39. The molecule has 2 heterocycles. The Morgan fingerprint density at radius 2 is 0.949 bits per heavy atom. The van der Waals surface area contributed by atoms with Gasteiger partial charge in [0.1, 0.15) is 0 Å². The molecule has 2 nitrogen and oxygen atoms in total. The van der Waals surface area contributed by atoms with Gasteiger partial charge >= 0.3 is 0 Å². The molecule has 0 atom stereocenters. The number of thiophene rings is 1. The van der Waals surface area contributed by atoms with Gasteiger partial charge in [0.25, 0.3) is 0 Å². The van der Waals surface area contributed by atoms with Crippen molar-refractivity contribution in [1.82, 2.24) is 9.97 Å². The van der Waals surface area contributed by atoms with E-state index in [4.69, 9.17) is 9.97 Å². The summed E-state index contributed by atoms with van der Waals surface area (Å²) in [6.45, 7) is 0. The molecule has 0 aliphatic rings. The first-order chi connectivity index (χ1) is 19.3. The number of aromatic nitrogens is 2. The number of para-hydroxylation sites is 2. The molecule has 39 heavy (non-hydrogen) atoms. The second-order valence-corrected chi connectivity index (χ2v) is 10.8. The minimum atomic E-state index is 0.898. The quantitative estimate of drug-likeness (QED) is 0.234. The molecule has 2 aromatic heterocycles. The van der Waals surface area contributed by atoms with Crippen LogP contribution in [0, 0.1) is 0 Å². The van der Waals surface area contributed by atoms with E-state index < -0.39 is 0 Å². The highest BCUT2D eigenvalue weighted by Gasteiger charge is 2.20. The molecule has 0 saturated heterocycles. The maximum Gasteiger partial charge on any atom is 0.0980 e. The molecule has 0 N–H and O–H groups in total. The second-order valence-electron chi connectivity index (χ2n) is 9.76. The van der Waals surface area contributed by atoms with Crippen LogP contribution in [-0.2, 0) is 0 Å². The number of hydrogen-bond acceptors (Lipinski definition) is 3. The number of nitrogens with zero attached hydrogens (tertiary/aromatic N) is 2. The largest absolute Gasteiger partial charge is 0.244 e. The van der Waals surface area contributed by atoms with Crippen LogP contribution in [0.15, 0.2) is 133 Å². The highest BCUT2D eigenvalue weighted by Crippen LogP contribution is 2.44. The Labute approximate surface area is 229 Å². The molecule has 0 unspecified atom stereocenters. The second kappa shape index (κ2) is 8.87. The highest BCUT2D eigenvalue weighted by atomic mass is 32.1. The van der Waals surface area contributed by atoms with E-state index in [1.807, 2.05) is 23.5 Å². The monoisotopic (exact) mass is 514 g/mol. The SMILES string of the molecule is c1ccc(-c2ccc(-c3nc4ccccc4nc3-c3cccc4sc5ccccc5c34)c3ccccc23)cc1. The van der Waals surface area contributed by atoms with Crippen molar-refractivity contribution in [2.45, 2.75) is 0 Å². The maximum absolute atomic E-state index is 5.29. The lowest BCUT2D eigenvalue weighted by molar-refractivity contribution is 1.30.